The fraction of sp³-hybridized carbons (Fsp3) is 0.0588. The van der Waals surface area contributed by atoms with Crippen molar-refractivity contribution in [1.29, 1.82) is 0 Å². The van der Waals surface area contributed by atoms with Gasteiger partial charge in [0.15, 0.2) is 0 Å². The summed E-state index contributed by atoms with van der Waals surface area (Å²) in [6.07, 6.45) is 1.55. The molecule has 3 amide bonds. The van der Waals surface area contributed by atoms with Crippen molar-refractivity contribution in [3.05, 3.63) is 76.2 Å². The maximum Gasteiger partial charge on any atom is 0.329 e. The van der Waals surface area contributed by atoms with Gasteiger partial charge in [-0.15, -0.1) is 0 Å². The number of carbonyl (C=O) groups excluding carboxylic acids is 2. The summed E-state index contributed by atoms with van der Waals surface area (Å²) in [7, 11) is 0. The van der Waals surface area contributed by atoms with Crippen molar-refractivity contribution in [3.63, 3.8) is 0 Å². The Bertz CT molecular complexity index is 802. The number of hydrogen-bond acceptors (Lipinski definition) is 2. The summed E-state index contributed by atoms with van der Waals surface area (Å²) in [6.45, 7) is -0.116. The van der Waals surface area contributed by atoms with Gasteiger partial charge in [-0.25, -0.2) is 9.18 Å². The van der Waals surface area contributed by atoms with Gasteiger partial charge in [-0.1, -0.05) is 41.9 Å². The molecule has 0 aromatic heterocycles. The molecule has 0 spiro atoms. The van der Waals surface area contributed by atoms with Gasteiger partial charge in [0.2, 0.25) is 0 Å². The molecule has 0 aliphatic carbocycles. The summed E-state index contributed by atoms with van der Waals surface area (Å²) in [4.78, 5) is 25.3. The Balaban J connectivity index is 1.82. The number of amides is 3. The van der Waals surface area contributed by atoms with Gasteiger partial charge in [-0.05, 0) is 29.8 Å². The SMILES string of the molecule is O=C1N/C(=C/c2ccc(Cl)cc2)C(=O)N1Cc1ccccc1F. The average Bonchev–Trinajstić information content (AvgIpc) is 2.79. The van der Waals surface area contributed by atoms with Gasteiger partial charge in [0, 0.05) is 10.6 Å². The Morgan fingerprint density at radius 1 is 1.09 bits per heavy atom. The fourth-order valence-corrected chi connectivity index (χ4v) is 2.36. The summed E-state index contributed by atoms with van der Waals surface area (Å²) >= 11 is 5.81. The fourth-order valence-electron chi connectivity index (χ4n) is 2.24. The summed E-state index contributed by atoms with van der Waals surface area (Å²) in [5.74, 6) is -0.948. The van der Waals surface area contributed by atoms with Crippen LogP contribution in [0.1, 0.15) is 11.1 Å². The lowest BCUT2D eigenvalue weighted by Gasteiger charge is -2.12. The van der Waals surface area contributed by atoms with Crippen molar-refractivity contribution in [2.24, 2.45) is 0 Å². The molecule has 1 saturated heterocycles. The minimum atomic E-state index is -0.571. The lowest BCUT2D eigenvalue weighted by Crippen LogP contribution is -2.30. The quantitative estimate of drug-likeness (QED) is 0.691. The molecule has 2 aromatic rings. The highest BCUT2D eigenvalue weighted by Crippen LogP contribution is 2.19. The summed E-state index contributed by atoms with van der Waals surface area (Å²) < 4.78 is 13.7. The Morgan fingerprint density at radius 3 is 2.48 bits per heavy atom. The number of carbonyl (C=O) groups is 2. The van der Waals surface area contributed by atoms with Crippen molar-refractivity contribution in [3.8, 4) is 0 Å². The third-order valence-electron chi connectivity index (χ3n) is 3.43. The number of benzene rings is 2. The highest BCUT2D eigenvalue weighted by atomic mass is 35.5. The van der Waals surface area contributed by atoms with E-state index in [0.29, 0.717) is 5.02 Å². The molecule has 4 nitrogen and oxygen atoms in total. The molecule has 1 fully saturated rings. The number of rotatable bonds is 3. The molecule has 0 bridgehead atoms. The summed E-state index contributed by atoms with van der Waals surface area (Å²) in [5.41, 5.74) is 1.16. The van der Waals surface area contributed by atoms with Gasteiger partial charge >= 0.3 is 6.03 Å². The van der Waals surface area contributed by atoms with E-state index < -0.39 is 17.8 Å². The maximum atomic E-state index is 13.7. The first kappa shape index (κ1) is 15.2. The number of urea groups is 1. The molecule has 116 valence electrons. The first-order valence-corrected chi connectivity index (χ1v) is 7.26. The van der Waals surface area contributed by atoms with Crippen molar-refractivity contribution in [2.45, 2.75) is 6.54 Å². The molecular formula is C17H12ClFN2O2. The number of nitrogens with zero attached hydrogens (tertiary/aromatic N) is 1. The van der Waals surface area contributed by atoms with Crippen LogP contribution in [0.15, 0.2) is 54.2 Å². The molecule has 3 rings (SSSR count). The van der Waals surface area contributed by atoms with E-state index in [1.807, 2.05) is 0 Å². The number of halogens is 2. The van der Waals surface area contributed by atoms with Gasteiger partial charge in [0.05, 0.1) is 6.54 Å². The topological polar surface area (TPSA) is 49.4 Å². The molecule has 0 atom stereocenters. The predicted octanol–water partition coefficient (Wildman–Crippen LogP) is 3.57. The summed E-state index contributed by atoms with van der Waals surface area (Å²) in [6, 6.07) is 12.3. The second-order valence-corrected chi connectivity index (χ2v) is 5.46. The Hall–Kier alpha value is -2.66. The van der Waals surface area contributed by atoms with E-state index in [-0.39, 0.29) is 17.8 Å². The molecule has 6 heteroatoms. The second kappa shape index (κ2) is 6.22. The molecule has 1 aliphatic heterocycles. The molecule has 0 radical (unpaired) electrons. The highest BCUT2D eigenvalue weighted by molar-refractivity contribution is 6.30. The van der Waals surface area contributed by atoms with Crippen molar-refractivity contribution in [1.82, 2.24) is 10.2 Å². The molecular weight excluding hydrogens is 319 g/mol. The minimum Gasteiger partial charge on any atom is -0.303 e. The lowest BCUT2D eigenvalue weighted by molar-refractivity contribution is -0.123. The van der Waals surface area contributed by atoms with Crippen LogP contribution in [0, 0.1) is 5.82 Å². The van der Waals surface area contributed by atoms with E-state index in [1.54, 1.807) is 42.5 Å². The van der Waals surface area contributed by atoms with E-state index >= 15 is 0 Å². The minimum absolute atomic E-state index is 0.116. The van der Waals surface area contributed by atoms with Crippen LogP contribution in [-0.2, 0) is 11.3 Å². The van der Waals surface area contributed by atoms with Gasteiger partial charge in [-0.2, -0.15) is 0 Å². The third-order valence-corrected chi connectivity index (χ3v) is 3.68. The molecule has 1 N–H and O–H groups in total. The number of hydrogen-bond donors (Lipinski definition) is 1. The predicted molar refractivity (Wildman–Crippen MR) is 84.9 cm³/mol. The monoisotopic (exact) mass is 330 g/mol. The van der Waals surface area contributed by atoms with E-state index in [4.69, 9.17) is 11.6 Å². The van der Waals surface area contributed by atoms with Crippen LogP contribution in [0.25, 0.3) is 6.08 Å². The average molecular weight is 331 g/mol. The zero-order chi connectivity index (χ0) is 16.4. The molecule has 0 saturated carbocycles. The van der Waals surface area contributed by atoms with Crippen molar-refractivity contribution >= 4 is 29.6 Å². The highest BCUT2D eigenvalue weighted by Gasteiger charge is 2.33. The van der Waals surface area contributed by atoms with Crippen LogP contribution >= 0.6 is 11.6 Å². The molecule has 1 heterocycles. The maximum absolute atomic E-state index is 13.7. The first-order valence-electron chi connectivity index (χ1n) is 6.88. The Kier molecular flexibility index (Phi) is 4.12. The zero-order valence-electron chi connectivity index (χ0n) is 11.9. The Labute approximate surface area is 137 Å². The van der Waals surface area contributed by atoms with Crippen LogP contribution in [-0.4, -0.2) is 16.8 Å². The van der Waals surface area contributed by atoms with Crippen LogP contribution < -0.4 is 5.32 Å². The number of imide groups is 1. The van der Waals surface area contributed by atoms with E-state index in [0.717, 1.165) is 10.5 Å². The van der Waals surface area contributed by atoms with E-state index in [1.165, 1.54) is 12.1 Å². The lowest BCUT2D eigenvalue weighted by atomic mass is 10.2. The van der Waals surface area contributed by atoms with Crippen LogP contribution in [0.5, 0.6) is 0 Å². The van der Waals surface area contributed by atoms with Gasteiger partial charge in [-0.3, -0.25) is 9.69 Å². The van der Waals surface area contributed by atoms with E-state index in [9.17, 15) is 14.0 Å². The largest absolute Gasteiger partial charge is 0.329 e. The summed E-state index contributed by atoms with van der Waals surface area (Å²) in [5, 5.41) is 3.08. The normalized spacial score (nSPS) is 16.1. The van der Waals surface area contributed by atoms with E-state index in [2.05, 4.69) is 5.32 Å². The molecule has 23 heavy (non-hydrogen) atoms. The Morgan fingerprint density at radius 2 is 1.78 bits per heavy atom. The molecule has 1 aliphatic rings. The second-order valence-electron chi connectivity index (χ2n) is 5.02. The number of nitrogens with one attached hydrogen (secondary N) is 1. The molecule has 0 unspecified atom stereocenters. The molecule has 2 aromatic carbocycles. The zero-order valence-corrected chi connectivity index (χ0v) is 12.7. The van der Waals surface area contributed by atoms with Gasteiger partial charge in [0.25, 0.3) is 5.91 Å². The first-order chi connectivity index (χ1) is 11.0. The van der Waals surface area contributed by atoms with Crippen LogP contribution in [0.2, 0.25) is 5.02 Å². The smallest absolute Gasteiger partial charge is 0.303 e. The van der Waals surface area contributed by atoms with Crippen molar-refractivity contribution < 1.29 is 14.0 Å². The third kappa shape index (κ3) is 3.24. The standard InChI is InChI=1S/C17H12ClFN2O2/c18-13-7-5-11(6-8-13)9-15-16(22)21(17(23)20-15)10-12-3-1-2-4-14(12)19/h1-9H,10H2,(H,20,23)/b15-9+. The van der Waals surface area contributed by atoms with Crippen molar-refractivity contribution in [2.75, 3.05) is 0 Å². The van der Waals surface area contributed by atoms with Gasteiger partial charge in [0.1, 0.15) is 11.5 Å². The van der Waals surface area contributed by atoms with Gasteiger partial charge < -0.3 is 5.32 Å². The van der Waals surface area contributed by atoms with Crippen LogP contribution in [0.4, 0.5) is 9.18 Å². The van der Waals surface area contributed by atoms with Crippen LogP contribution in [0.3, 0.4) is 0 Å².